The number of hydrogen-bond donors (Lipinski definition) is 1. The van der Waals surface area contributed by atoms with E-state index in [1.54, 1.807) is 12.1 Å². The summed E-state index contributed by atoms with van der Waals surface area (Å²) in [5, 5.41) is 0. The Bertz CT molecular complexity index is 305. The Balaban J connectivity index is 2.96. The second-order valence-electron chi connectivity index (χ2n) is 2.57. The van der Waals surface area contributed by atoms with Gasteiger partial charge < -0.3 is 15.2 Å². The average Bonchev–Trinajstić information content (AvgIpc) is 2.16. The second kappa shape index (κ2) is 4.76. The van der Waals surface area contributed by atoms with Crippen LogP contribution in [0.15, 0.2) is 18.2 Å². The van der Waals surface area contributed by atoms with Crippen LogP contribution in [0.5, 0.6) is 11.5 Å². The molecule has 14 heavy (non-hydrogen) atoms. The fourth-order valence-electron chi connectivity index (χ4n) is 1.04. The summed E-state index contributed by atoms with van der Waals surface area (Å²) >= 11 is 0. The standard InChI is InChI=1S/C9H11F2NO2/c1-13-7-3-2-6(5-12)4-8(7)14-9(10)11/h2-4,9H,5,12H2,1H3. The van der Waals surface area contributed by atoms with E-state index in [2.05, 4.69) is 4.74 Å². The lowest BCUT2D eigenvalue weighted by Gasteiger charge is -2.10. The molecular formula is C9H11F2NO2. The molecule has 5 heteroatoms. The molecule has 0 aliphatic rings. The predicted octanol–water partition coefficient (Wildman–Crippen LogP) is 1.76. The summed E-state index contributed by atoms with van der Waals surface area (Å²) in [6.07, 6.45) is 0. The van der Waals surface area contributed by atoms with Crippen LogP contribution in [0.3, 0.4) is 0 Å². The highest BCUT2D eigenvalue weighted by Crippen LogP contribution is 2.29. The van der Waals surface area contributed by atoms with Crippen molar-refractivity contribution >= 4 is 0 Å². The maximum Gasteiger partial charge on any atom is 0.387 e. The van der Waals surface area contributed by atoms with Crippen LogP contribution in [-0.2, 0) is 6.54 Å². The summed E-state index contributed by atoms with van der Waals surface area (Å²) in [5.41, 5.74) is 6.07. The first kappa shape index (κ1) is 10.7. The maximum atomic E-state index is 12.0. The summed E-state index contributed by atoms with van der Waals surface area (Å²) in [6, 6.07) is 4.67. The number of nitrogens with two attached hydrogens (primary N) is 1. The third-order valence-electron chi connectivity index (χ3n) is 1.68. The van der Waals surface area contributed by atoms with Gasteiger partial charge >= 0.3 is 6.61 Å². The molecule has 0 aliphatic heterocycles. The molecule has 1 aromatic rings. The topological polar surface area (TPSA) is 44.5 Å². The minimum atomic E-state index is -2.86. The second-order valence-corrected chi connectivity index (χ2v) is 2.57. The lowest BCUT2D eigenvalue weighted by Crippen LogP contribution is -2.05. The van der Waals surface area contributed by atoms with Gasteiger partial charge in [0, 0.05) is 6.54 Å². The first-order chi connectivity index (χ1) is 6.67. The average molecular weight is 203 g/mol. The Kier molecular flexibility index (Phi) is 3.64. The largest absolute Gasteiger partial charge is 0.493 e. The molecule has 0 saturated carbocycles. The monoisotopic (exact) mass is 203 g/mol. The van der Waals surface area contributed by atoms with Crippen LogP contribution in [0.25, 0.3) is 0 Å². The van der Waals surface area contributed by atoms with Crippen molar-refractivity contribution in [2.45, 2.75) is 13.2 Å². The molecule has 0 radical (unpaired) electrons. The maximum absolute atomic E-state index is 12.0. The van der Waals surface area contributed by atoms with Crippen molar-refractivity contribution in [3.63, 3.8) is 0 Å². The van der Waals surface area contributed by atoms with Gasteiger partial charge in [0.05, 0.1) is 7.11 Å². The molecule has 0 bridgehead atoms. The van der Waals surface area contributed by atoms with Crippen molar-refractivity contribution in [2.24, 2.45) is 5.73 Å². The molecule has 0 aliphatic carbocycles. The van der Waals surface area contributed by atoms with E-state index in [0.29, 0.717) is 5.56 Å². The first-order valence-electron chi connectivity index (χ1n) is 3.99. The Morgan fingerprint density at radius 3 is 2.57 bits per heavy atom. The van der Waals surface area contributed by atoms with Gasteiger partial charge in [-0.15, -0.1) is 0 Å². The van der Waals surface area contributed by atoms with Crippen molar-refractivity contribution in [3.05, 3.63) is 23.8 Å². The molecule has 2 N–H and O–H groups in total. The third-order valence-corrected chi connectivity index (χ3v) is 1.68. The quantitative estimate of drug-likeness (QED) is 0.810. The van der Waals surface area contributed by atoms with Gasteiger partial charge in [-0.2, -0.15) is 8.78 Å². The van der Waals surface area contributed by atoms with E-state index in [1.807, 2.05) is 0 Å². The minimum absolute atomic E-state index is 0.00505. The highest BCUT2D eigenvalue weighted by molar-refractivity contribution is 5.42. The first-order valence-corrected chi connectivity index (χ1v) is 3.99. The minimum Gasteiger partial charge on any atom is -0.493 e. The van der Waals surface area contributed by atoms with Gasteiger partial charge in [-0.1, -0.05) is 6.07 Å². The van der Waals surface area contributed by atoms with E-state index in [-0.39, 0.29) is 18.0 Å². The molecule has 0 unspecified atom stereocenters. The van der Waals surface area contributed by atoms with E-state index in [9.17, 15) is 8.78 Å². The number of benzene rings is 1. The van der Waals surface area contributed by atoms with Crippen molar-refractivity contribution in [1.29, 1.82) is 0 Å². The van der Waals surface area contributed by atoms with Crippen molar-refractivity contribution in [3.8, 4) is 11.5 Å². The Labute approximate surface area is 80.4 Å². The van der Waals surface area contributed by atoms with E-state index in [0.717, 1.165) is 0 Å². The van der Waals surface area contributed by atoms with Gasteiger partial charge in [-0.05, 0) is 17.7 Å². The molecule has 1 aromatic carbocycles. The molecule has 0 saturated heterocycles. The van der Waals surface area contributed by atoms with Crippen molar-refractivity contribution in [1.82, 2.24) is 0 Å². The molecule has 0 fully saturated rings. The zero-order valence-electron chi connectivity index (χ0n) is 7.67. The zero-order chi connectivity index (χ0) is 10.6. The number of methoxy groups -OCH3 is 1. The molecule has 0 heterocycles. The van der Waals surface area contributed by atoms with E-state index >= 15 is 0 Å². The smallest absolute Gasteiger partial charge is 0.387 e. The van der Waals surface area contributed by atoms with Gasteiger partial charge in [0.1, 0.15) is 0 Å². The fourth-order valence-corrected chi connectivity index (χ4v) is 1.04. The number of alkyl halides is 2. The lowest BCUT2D eigenvalue weighted by atomic mass is 10.2. The predicted molar refractivity (Wildman–Crippen MR) is 47.5 cm³/mol. The van der Waals surface area contributed by atoms with Gasteiger partial charge in [0.15, 0.2) is 11.5 Å². The molecule has 0 atom stereocenters. The summed E-state index contributed by atoms with van der Waals surface area (Å²) in [6.45, 7) is -2.60. The molecule has 3 nitrogen and oxygen atoms in total. The fraction of sp³-hybridized carbons (Fsp3) is 0.333. The molecule has 0 aromatic heterocycles. The van der Waals surface area contributed by atoms with Crippen LogP contribution < -0.4 is 15.2 Å². The van der Waals surface area contributed by atoms with E-state index < -0.39 is 6.61 Å². The zero-order valence-corrected chi connectivity index (χ0v) is 7.67. The molecule has 78 valence electrons. The van der Waals surface area contributed by atoms with Gasteiger partial charge in [0.25, 0.3) is 0 Å². The summed E-state index contributed by atoms with van der Waals surface area (Å²) in [7, 11) is 1.38. The number of ether oxygens (including phenoxy) is 2. The van der Waals surface area contributed by atoms with Crippen molar-refractivity contribution < 1.29 is 18.3 Å². The van der Waals surface area contributed by atoms with Crippen LogP contribution in [-0.4, -0.2) is 13.7 Å². The summed E-state index contributed by atoms with van der Waals surface area (Å²) in [5.74, 6) is 0.271. The number of halogens is 2. The van der Waals surface area contributed by atoms with Gasteiger partial charge in [0.2, 0.25) is 0 Å². The van der Waals surface area contributed by atoms with Crippen LogP contribution in [0.4, 0.5) is 8.78 Å². The molecule has 1 rings (SSSR count). The molecule has 0 amide bonds. The van der Waals surface area contributed by atoms with Crippen LogP contribution in [0, 0.1) is 0 Å². The molecular weight excluding hydrogens is 192 g/mol. The Morgan fingerprint density at radius 1 is 1.36 bits per heavy atom. The number of rotatable bonds is 4. The summed E-state index contributed by atoms with van der Waals surface area (Å²) in [4.78, 5) is 0. The van der Waals surface area contributed by atoms with E-state index in [4.69, 9.17) is 10.5 Å². The van der Waals surface area contributed by atoms with Crippen LogP contribution in [0.1, 0.15) is 5.56 Å². The third kappa shape index (κ3) is 2.56. The highest BCUT2D eigenvalue weighted by atomic mass is 19.3. The normalized spacial score (nSPS) is 10.4. The van der Waals surface area contributed by atoms with Gasteiger partial charge in [-0.25, -0.2) is 0 Å². The SMILES string of the molecule is COc1ccc(CN)cc1OC(F)F. The highest BCUT2D eigenvalue weighted by Gasteiger charge is 2.10. The molecule has 0 spiro atoms. The van der Waals surface area contributed by atoms with E-state index in [1.165, 1.54) is 13.2 Å². The lowest BCUT2D eigenvalue weighted by molar-refractivity contribution is -0.0512. The van der Waals surface area contributed by atoms with Crippen molar-refractivity contribution in [2.75, 3.05) is 7.11 Å². The summed E-state index contributed by atoms with van der Waals surface area (Å²) < 4.78 is 33.0. The van der Waals surface area contributed by atoms with Gasteiger partial charge in [-0.3, -0.25) is 0 Å². The van der Waals surface area contributed by atoms with Crippen LogP contribution >= 0.6 is 0 Å². The number of hydrogen-bond acceptors (Lipinski definition) is 3. The van der Waals surface area contributed by atoms with Crippen LogP contribution in [0.2, 0.25) is 0 Å². The Hall–Kier alpha value is -1.36. The Morgan fingerprint density at radius 2 is 2.07 bits per heavy atom.